The van der Waals surface area contributed by atoms with Gasteiger partial charge in [-0.3, -0.25) is 9.59 Å². The molecule has 1 aliphatic heterocycles. The molecular weight excluding hydrogens is 461 g/mol. The number of alkyl halides is 3. The van der Waals surface area contributed by atoms with Crippen LogP contribution in [0.5, 0.6) is 5.75 Å². The summed E-state index contributed by atoms with van der Waals surface area (Å²) in [6.45, 7) is 3.66. The molecule has 0 aliphatic carbocycles. The standard InChI is InChI=1S/C22H23F3N2O5S/c1-3-21(29)27-14(2)12-15-13-18(8-9-19(15)27)33(30,31)11-10-20(28)26-16-4-6-17(7-5-16)32-22(23,24)25/h4-9,13-14H,3,10-12H2,1-2H3,(H,26,28). The van der Waals surface area contributed by atoms with E-state index in [0.29, 0.717) is 18.5 Å². The molecule has 0 fully saturated rings. The van der Waals surface area contributed by atoms with Crippen molar-refractivity contribution in [2.24, 2.45) is 0 Å². The van der Waals surface area contributed by atoms with Gasteiger partial charge in [0.1, 0.15) is 5.75 Å². The molecule has 1 unspecified atom stereocenters. The van der Waals surface area contributed by atoms with Crippen LogP contribution in [0.2, 0.25) is 0 Å². The lowest BCUT2D eigenvalue weighted by Crippen LogP contribution is -2.35. The summed E-state index contributed by atoms with van der Waals surface area (Å²) < 4.78 is 65.8. The Balaban J connectivity index is 1.62. The van der Waals surface area contributed by atoms with E-state index < -0.39 is 33.6 Å². The number of carbonyl (C=O) groups excluding carboxylic acids is 2. The van der Waals surface area contributed by atoms with Crippen molar-refractivity contribution in [1.29, 1.82) is 0 Å². The molecule has 1 N–H and O–H groups in total. The predicted molar refractivity (Wildman–Crippen MR) is 116 cm³/mol. The molecule has 0 aromatic heterocycles. The first-order chi connectivity index (χ1) is 15.4. The van der Waals surface area contributed by atoms with Crippen LogP contribution in [-0.2, 0) is 25.8 Å². The van der Waals surface area contributed by atoms with Crippen molar-refractivity contribution in [3.8, 4) is 5.75 Å². The molecule has 0 spiro atoms. The third-order valence-electron chi connectivity index (χ3n) is 5.17. The average Bonchev–Trinajstić information content (AvgIpc) is 3.07. The first-order valence-electron chi connectivity index (χ1n) is 10.2. The van der Waals surface area contributed by atoms with Gasteiger partial charge in [-0.15, -0.1) is 13.2 Å². The van der Waals surface area contributed by atoms with Gasteiger partial charge in [0, 0.05) is 30.3 Å². The molecule has 7 nitrogen and oxygen atoms in total. The number of halogens is 3. The van der Waals surface area contributed by atoms with Crippen LogP contribution in [0.4, 0.5) is 24.5 Å². The number of hydrogen-bond acceptors (Lipinski definition) is 5. The van der Waals surface area contributed by atoms with E-state index in [9.17, 15) is 31.2 Å². The Bertz CT molecular complexity index is 1150. The quantitative estimate of drug-likeness (QED) is 0.640. The van der Waals surface area contributed by atoms with Gasteiger partial charge in [0.2, 0.25) is 11.8 Å². The van der Waals surface area contributed by atoms with Crippen LogP contribution in [-0.4, -0.2) is 38.4 Å². The van der Waals surface area contributed by atoms with Crippen molar-refractivity contribution in [1.82, 2.24) is 0 Å². The molecule has 2 amide bonds. The van der Waals surface area contributed by atoms with Crippen LogP contribution in [0, 0.1) is 0 Å². The molecule has 178 valence electrons. The van der Waals surface area contributed by atoms with Crippen LogP contribution in [0.15, 0.2) is 47.4 Å². The Morgan fingerprint density at radius 1 is 1.15 bits per heavy atom. The largest absolute Gasteiger partial charge is 0.573 e. The van der Waals surface area contributed by atoms with Crippen LogP contribution < -0.4 is 15.0 Å². The van der Waals surface area contributed by atoms with Gasteiger partial charge in [0.25, 0.3) is 0 Å². The zero-order valence-electron chi connectivity index (χ0n) is 18.0. The summed E-state index contributed by atoms with van der Waals surface area (Å²) in [5.74, 6) is -1.52. The lowest BCUT2D eigenvalue weighted by Gasteiger charge is -2.22. The summed E-state index contributed by atoms with van der Waals surface area (Å²) in [5, 5.41) is 2.44. The molecule has 3 rings (SSSR count). The van der Waals surface area contributed by atoms with Crippen LogP contribution >= 0.6 is 0 Å². The van der Waals surface area contributed by atoms with E-state index in [1.165, 1.54) is 18.2 Å². The molecule has 2 aromatic rings. The first kappa shape index (κ1) is 24.6. The third kappa shape index (κ3) is 6.04. The molecule has 1 atom stereocenters. The number of sulfone groups is 1. The van der Waals surface area contributed by atoms with Gasteiger partial charge < -0.3 is 15.0 Å². The Morgan fingerprint density at radius 3 is 2.42 bits per heavy atom. The molecule has 0 saturated carbocycles. The minimum Gasteiger partial charge on any atom is -0.406 e. The number of rotatable bonds is 7. The van der Waals surface area contributed by atoms with Crippen molar-refractivity contribution < 1.29 is 35.9 Å². The first-order valence-corrected chi connectivity index (χ1v) is 11.9. The maximum atomic E-state index is 12.7. The molecule has 11 heteroatoms. The monoisotopic (exact) mass is 484 g/mol. The number of anilines is 2. The Labute approximate surface area is 189 Å². The zero-order chi connectivity index (χ0) is 24.4. The fourth-order valence-corrected chi connectivity index (χ4v) is 4.95. The van der Waals surface area contributed by atoms with Gasteiger partial charge in [0.15, 0.2) is 9.84 Å². The van der Waals surface area contributed by atoms with Gasteiger partial charge in [-0.1, -0.05) is 6.92 Å². The molecule has 0 bridgehead atoms. The normalized spacial score (nSPS) is 15.8. The summed E-state index contributed by atoms with van der Waals surface area (Å²) in [5.41, 5.74) is 1.67. The lowest BCUT2D eigenvalue weighted by molar-refractivity contribution is -0.274. The summed E-state index contributed by atoms with van der Waals surface area (Å²) in [6.07, 6.45) is -4.27. The second-order valence-electron chi connectivity index (χ2n) is 7.65. The van der Waals surface area contributed by atoms with Crippen molar-refractivity contribution in [2.45, 2.75) is 50.4 Å². The Kier molecular flexibility index (Phi) is 7.01. The summed E-state index contributed by atoms with van der Waals surface area (Å²) in [7, 11) is -3.77. The van der Waals surface area contributed by atoms with Crippen molar-refractivity contribution in [3.05, 3.63) is 48.0 Å². The smallest absolute Gasteiger partial charge is 0.406 e. The number of carbonyl (C=O) groups is 2. The second-order valence-corrected chi connectivity index (χ2v) is 9.76. The highest BCUT2D eigenvalue weighted by Crippen LogP contribution is 2.34. The highest BCUT2D eigenvalue weighted by Gasteiger charge is 2.32. The fraction of sp³-hybridized carbons (Fsp3) is 0.364. The topological polar surface area (TPSA) is 92.8 Å². The van der Waals surface area contributed by atoms with Crippen molar-refractivity contribution in [2.75, 3.05) is 16.0 Å². The maximum Gasteiger partial charge on any atom is 0.573 e. The van der Waals surface area contributed by atoms with E-state index in [0.717, 1.165) is 17.7 Å². The Morgan fingerprint density at radius 2 is 1.82 bits per heavy atom. The summed E-state index contributed by atoms with van der Waals surface area (Å²) in [4.78, 5) is 26.1. The van der Waals surface area contributed by atoms with Crippen molar-refractivity contribution in [3.63, 3.8) is 0 Å². The average molecular weight is 484 g/mol. The van der Waals surface area contributed by atoms with Gasteiger partial charge in [-0.05, 0) is 61.4 Å². The maximum absolute atomic E-state index is 12.7. The molecule has 0 saturated heterocycles. The molecular formula is C22H23F3N2O5S. The fourth-order valence-electron chi connectivity index (χ4n) is 3.66. The number of nitrogens with zero attached hydrogens (tertiary/aromatic N) is 1. The lowest BCUT2D eigenvalue weighted by atomic mass is 10.1. The molecule has 1 heterocycles. The SMILES string of the molecule is CCC(=O)N1c2ccc(S(=O)(=O)CCC(=O)Nc3ccc(OC(F)(F)F)cc3)cc2CC1C. The van der Waals surface area contributed by atoms with Crippen LogP contribution in [0.3, 0.4) is 0 Å². The van der Waals surface area contributed by atoms with Gasteiger partial charge in [-0.25, -0.2) is 8.42 Å². The van der Waals surface area contributed by atoms with E-state index in [4.69, 9.17) is 0 Å². The van der Waals surface area contributed by atoms with Gasteiger partial charge in [-0.2, -0.15) is 0 Å². The van der Waals surface area contributed by atoms with Gasteiger partial charge >= 0.3 is 6.36 Å². The molecule has 1 aliphatic rings. The van der Waals surface area contributed by atoms with E-state index >= 15 is 0 Å². The summed E-state index contributed by atoms with van der Waals surface area (Å²) >= 11 is 0. The van der Waals surface area contributed by atoms with Crippen LogP contribution in [0.1, 0.15) is 32.3 Å². The predicted octanol–water partition coefficient (Wildman–Crippen LogP) is 4.08. The summed E-state index contributed by atoms with van der Waals surface area (Å²) in [6, 6.07) is 9.04. The number of amides is 2. The van der Waals surface area contributed by atoms with Crippen LogP contribution in [0.25, 0.3) is 0 Å². The van der Waals surface area contributed by atoms with E-state index in [-0.39, 0.29) is 29.0 Å². The molecule has 2 aromatic carbocycles. The van der Waals surface area contributed by atoms with Gasteiger partial charge in [0.05, 0.1) is 10.6 Å². The Hall–Kier alpha value is -3.08. The van der Waals surface area contributed by atoms with E-state index in [2.05, 4.69) is 10.1 Å². The third-order valence-corrected chi connectivity index (χ3v) is 6.88. The minimum atomic E-state index is -4.82. The number of benzene rings is 2. The highest BCUT2D eigenvalue weighted by atomic mass is 32.2. The molecule has 0 radical (unpaired) electrons. The van der Waals surface area contributed by atoms with Crippen molar-refractivity contribution >= 4 is 33.0 Å². The molecule has 33 heavy (non-hydrogen) atoms. The number of hydrogen-bond donors (Lipinski definition) is 1. The number of ether oxygens (including phenoxy) is 1. The minimum absolute atomic E-state index is 0.0356. The van der Waals surface area contributed by atoms with E-state index in [1.807, 2.05) is 6.92 Å². The number of fused-ring (bicyclic) bond motifs is 1. The second kappa shape index (κ2) is 9.42. The van der Waals surface area contributed by atoms with E-state index in [1.54, 1.807) is 24.0 Å². The zero-order valence-corrected chi connectivity index (χ0v) is 18.8. The highest BCUT2D eigenvalue weighted by molar-refractivity contribution is 7.91. The number of nitrogens with one attached hydrogen (secondary N) is 1.